The fraction of sp³-hybridized carbons (Fsp3) is 0.964. The maximum absolute atomic E-state index is 12.8. The Labute approximate surface area is 211 Å². The summed E-state index contributed by atoms with van der Waals surface area (Å²) in [6.07, 6.45) is 23.7. The second-order valence-corrected chi connectivity index (χ2v) is 12.1. The van der Waals surface area contributed by atoms with Crippen LogP contribution in [0.15, 0.2) is 0 Å². The summed E-state index contributed by atoms with van der Waals surface area (Å²) in [5, 5.41) is -1.67. The maximum atomic E-state index is 12.8. The van der Waals surface area contributed by atoms with E-state index in [1.807, 2.05) is 0 Å². The summed E-state index contributed by atoms with van der Waals surface area (Å²) in [6.45, 7) is 6.41. The van der Waals surface area contributed by atoms with E-state index in [0.29, 0.717) is 6.42 Å². The van der Waals surface area contributed by atoms with E-state index in [9.17, 15) is 19.1 Å². The summed E-state index contributed by atoms with van der Waals surface area (Å²) < 4.78 is 17.7. The van der Waals surface area contributed by atoms with Crippen LogP contribution in [0.25, 0.3) is 0 Å². The Kier molecular flexibility index (Phi) is 21.6. The lowest BCUT2D eigenvalue weighted by Gasteiger charge is -2.31. The fourth-order valence-corrected chi connectivity index (χ4v) is 5.85. The molecule has 0 rings (SSSR count). The number of esters is 1. The van der Waals surface area contributed by atoms with Gasteiger partial charge in [0.2, 0.25) is 0 Å². The molecule has 1 unspecified atom stereocenters. The van der Waals surface area contributed by atoms with Crippen molar-refractivity contribution in [3.05, 3.63) is 0 Å². The van der Waals surface area contributed by atoms with Crippen LogP contribution in [0.3, 0.4) is 0 Å². The third-order valence-electron chi connectivity index (χ3n) is 7.20. The van der Waals surface area contributed by atoms with Gasteiger partial charge >= 0.3 is 13.6 Å². The minimum Gasteiger partial charge on any atom is -0.465 e. The first kappa shape index (κ1) is 33.6. The highest BCUT2D eigenvalue weighted by Crippen LogP contribution is 2.56. The van der Waals surface area contributed by atoms with Gasteiger partial charge in [-0.1, -0.05) is 143 Å². The van der Waals surface area contributed by atoms with E-state index in [0.717, 1.165) is 38.5 Å². The minimum absolute atomic E-state index is 0.117. The van der Waals surface area contributed by atoms with Crippen molar-refractivity contribution in [3.63, 3.8) is 0 Å². The molecule has 0 spiro atoms. The molecule has 0 saturated heterocycles. The van der Waals surface area contributed by atoms with Gasteiger partial charge in [0.15, 0.2) is 5.16 Å². The minimum atomic E-state index is -4.60. The van der Waals surface area contributed by atoms with E-state index >= 15 is 0 Å². The molecule has 0 heterocycles. The Morgan fingerprint density at radius 2 is 0.971 bits per heavy atom. The molecule has 5 nitrogen and oxygen atoms in total. The molecule has 0 aliphatic rings. The molecule has 0 fully saturated rings. The number of carbonyl (C=O) groups excluding carboxylic acids is 1. The highest BCUT2D eigenvalue weighted by atomic mass is 31.2. The molecule has 0 saturated carbocycles. The van der Waals surface area contributed by atoms with Gasteiger partial charge < -0.3 is 14.5 Å². The fourth-order valence-electron chi connectivity index (χ4n) is 4.69. The van der Waals surface area contributed by atoms with E-state index in [4.69, 9.17) is 4.74 Å². The zero-order chi connectivity index (χ0) is 25.5. The van der Waals surface area contributed by atoms with Crippen molar-refractivity contribution < 1.29 is 23.9 Å². The molecule has 2 N–H and O–H groups in total. The lowest BCUT2D eigenvalue weighted by Crippen LogP contribution is -2.39. The van der Waals surface area contributed by atoms with Crippen molar-refractivity contribution in [1.29, 1.82) is 0 Å². The van der Waals surface area contributed by atoms with E-state index < -0.39 is 18.7 Å². The van der Waals surface area contributed by atoms with Crippen LogP contribution in [0, 0.1) is 0 Å². The van der Waals surface area contributed by atoms with Crippen LogP contribution in [-0.4, -0.2) is 27.5 Å². The third-order valence-corrected chi connectivity index (χ3v) is 9.03. The lowest BCUT2D eigenvalue weighted by atomic mass is 9.96. The van der Waals surface area contributed by atoms with Gasteiger partial charge in [0.05, 0.1) is 6.61 Å². The van der Waals surface area contributed by atoms with Crippen molar-refractivity contribution in [2.75, 3.05) is 6.61 Å². The molecule has 0 bridgehead atoms. The summed E-state index contributed by atoms with van der Waals surface area (Å²) >= 11 is 0. The SMILES string of the molecule is CCCCCCCCCCCCOC(=O)C(CC)(CCCCCCCCCCCC)P(=O)(O)O. The van der Waals surface area contributed by atoms with Crippen molar-refractivity contribution in [2.24, 2.45) is 0 Å². The van der Waals surface area contributed by atoms with Gasteiger partial charge in [-0.2, -0.15) is 0 Å². The topological polar surface area (TPSA) is 83.8 Å². The summed E-state index contributed by atoms with van der Waals surface area (Å²) in [4.78, 5) is 32.8. The first-order chi connectivity index (χ1) is 16.4. The highest BCUT2D eigenvalue weighted by molar-refractivity contribution is 7.54. The Hall–Kier alpha value is -0.380. The summed E-state index contributed by atoms with van der Waals surface area (Å²) in [5.74, 6) is -0.699. The number of hydrogen-bond acceptors (Lipinski definition) is 3. The van der Waals surface area contributed by atoms with Crippen LogP contribution in [0.4, 0.5) is 0 Å². The number of rotatable bonds is 25. The molecule has 0 aromatic carbocycles. The summed E-state index contributed by atoms with van der Waals surface area (Å²) in [7, 11) is -4.60. The molecule has 34 heavy (non-hydrogen) atoms. The first-order valence-electron chi connectivity index (χ1n) is 14.6. The molecule has 6 heteroatoms. The average molecular weight is 505 g/mol. The predicted molar refractivity (Wildman–Crippen MR) is 144 cm³/mol. The van der Waals surface area contributed by atoms with Crippen molar-refractivity contribution in [3.8, 4) is 0 Å². The van der Waals surface area contributed by atoms with Gasteiger partial charge in [-0.25, -0.2) is 0 Å². The molecule has 0 radical (unpaired) electrons. The zero-order valence-electron chi connectivity index (χ0n) is 22.8. The monoisotopic (exact) mass is 504 g/mol. The summed E-state index contributed by atoms with van der Waals surface area (Å²) in [5.41, 5.74) is 0. The van der Waals surface area contributed by atoms with Gasteiger partial charge in [0, 0.05) is 0 Å². The number of ether oxygens (including phenoxy) is 1. The predicted octanol–water partition coefficient (Wildman–Crippen LogP) is 9.09. The van der Waals surface area contributed by atoms with Crippen LogP contribution in [0.1, 0.15) is 162 Å². The van der Waals surface area contributed by atoms with Crippen molar-refractivity contribution in [2.45, 2.75) is 167 Å². The van der Waals surface area contributed by atoms with Crippen molar-refractivity contribution >= 4 is 13.6 Å². The Bertz CT molecular complexity index is 519. The molecule has 0 aromatic heterocycles. The van der Waals surface area contributed by atoms with E-state index in [2.05, 4.69) is 13.8 Å². The molecule has 1 atom stereocenters. The van der Waals surface area contributed by atoms with Crippen molar-refractivity contribution in [1.82, 2.24) is 0 Å². The molecular formula is C28H57O5P. The zero-order valence-corrected chi connectivity index (χ0v) is 23.7. The molecule has 0 aromatic rings. The Morgan fingerprint density at radius 3 is 1.32 bits per heavy atom. The van der Waals surface area contributed by atoms with Gasteiger partial charge in [-0.05, 0) is 19.3 Å². The standard InChI is InChI=1S/C28H57O5P/c1-4-7-9-11-13-15-17-19-21-23-25-28(6-3,34(30,31)32)27(29)33-26-24-22-20-18-16-14-12-10-8-5-2/h4-26H2,1-3H3,(H2,30,31,32). The largest absolute Gasteiger partial charge is 0.465 e. The highest BCUT2D eigenvalue weighted by Gasteiger charge is 2.52. The molecule has 204 valence electrons. The quantitative estimate of drug-likeness (QED) is 0.0735. The van der Waals surface area contributed by atoms with Crippen LogP contribution < -0.4 is 0 Å². The van der Waals surface area contributed by atoms with Crippen LogP contribution in [0.2, 0.25) is 0 Å². The Morgan fingerprint density at radius 1 is 0.618 bits per heavy atom. The smallest absolute Gasteiger partial charge is 0.342 e. The molecule has 0 amide bonds. The van der Waals surface area contributed by atoms with Gasteiger partial charge in [-0.15, -0.1) is 0 Å². The van der Waals surface area contributed by atoms with Gasteiger partial charge in [0.25, 0.3) is 0 Å². The second-order valence-electron chi connectivity index (χ2n) is 10.2. The van der Waals surface area contributed by atoms with Crippen LogP contribution >= 0.6 is 7.60 Å². The third kappa shape index (κ3) is 15.6. The van der Waals surface area contributed by atoms with Gasteiger partial charge in [0.1, 0.15) is 0 Å². The number of carbonyl (C=O) groups is 1. The van der Waals surface area contributed by atoms with E-state index in [1.54, 1.807) is 6.92 Å². The van der Waals surface area contributed by atoms with Crippen LogP contribution in [-0.2, 0) is 14.1 Å². The van der Waals surface area contributed by atoms with E-state index in [1.165, 1.54) is 83.5 Å². The van der Waals surface area contributed by atoms with E-state index in [-0.39, 0.29) is 19.4 Å². The first-order valence-corrected chi connectivity index (χ1v) is 16.2. The molecular weight excluding hydrogens is 447 g/mol. The van der Waals surface area contributed by atoms with Crippen LogP contribution in [0.5, 0.6) is 0 Å². The lowest BCUT2D eigenvalue weighted by molar-refractivity contribution is -0.148. The Balaban J connectivity index is 4.15. The maximum Gasteiger partial charge on any atom is 0.342 e. The number of hydrogen-bond donors (Lipinski definition) is 2. The second kappa shape index (κ2) is 21.9. The normalized spacial score (nSPS) is 13.7. The average Bonchev–Trinajstić information content (AvgIpc) is 2.80. The molecule has 0 aliphatic heterocycles. The number of unbranched alkanes of at least 4 members (excludes halogenated alkanes) is 18. The van der Waals surface area contributed by atoms with Gasteiger partial charge in [-0.3, -0.25) is 9.36 Å². The summed E-state index contributed by atoms with van der Waals surface area (Å²) in [6, 6.07) is 0. The molecule has 0 aliphatic carbocycles.